The number of aromatic nitrogens is 1. The molecule has 0 saturated carbocycles. The number of anilines is 1. The lowest BCUT2D eigenvalue weighted by molar-refractivity contribution is -0.122. The van der Waals surface area contributed by atoms with E-state index in [2.05, 4.69) is 40.1 Å². The monoisotopic (exact) mass is 565 g/mol. The van der Waals surface area contributed by atoms with Gasteiger partial charge in [-0.25, -0.2) is 0 Å². The summed E-state index contributed by atoms with van der Waals surface area (Å²) in [5.74, 6) is 0.633. The van der Waals surface area contributed by atoms with Crippen molar-refractivity contribution in [1.82, 2.24) is 14.4 Å². The molecule has 0 N–H and O–H groups in total. The van der Waals surface area contributed by atoms with Gasteiger partial charge in [-0.1, -0.05) is 61.2 Å². The number of methoxy groups -OCH3 is 1. The second kappa shape index (κ2) is 13.4. The first kappa shape index (κ1) is 29.0. The zero-order valence-electron chi connectivity index (χ0n) is 22.8. The third kappa shape index (κ3) is 6.44. The van der Waals surface area contributed by atoms with Crippen molar-refractivity contribution in [3.05, 3.63) is 67.8 Å². The van der Waals surface area contributed by atoms with Crippen LogP contribution in [0, 0.1) is 18.3 Å². The van der Waals surface area contributed by atoms with E-state index in [1.54, 1.807) is 23.5 Å². The van der Waals surface area contributed by atoms with E-state index in [1.807, 2.05) is 19.1 Å². The van der Waals surface area contributed by atoms with Crippen LogP contribution in [0.4, 0.5) is 5.82 Å². The van der Waals surface area contributed by atoms with Gasteiger partial charge in [0, 0.05) is 65.1 Å². The Morgan fingerprint density at radius 2 is 1.85 bits per heavy atom. The minimum Gasteiger partial charge on any atom is -0.385 e. The van der Waals surface area contributed by atoms with Crippen molar-refractivity contribution in [3.8, 4) is 6.07 Å². The highest BCUT2D eigenvalue weighted by atomic mass is 32.2. The summed E-state index contributed by atoms with van der Waals surface area (Å²) in [4.78, 5) is 33.5. The fourth-order valence-electron chi connectivity index (χ4n) is 5.07. The van der Waals surface area contributed by atoms with Crippen LogP contribution < -0.4 is 10.5 Å². The van der Waals surface area contributed by atoms with E-state index in [0.717, 1.165) is 50.5 Å². The number of nitriles is 1. The number of rotatable bonds is 10. The number of piperazine rings is 1. The minimum absolute atomic E-state index is 0.122. The molecule has 0 unspecified atom stereocenters. The summed E-state index contributed by atoms with van der Waals surface area (Å²) >= 11 is 6.79. The Balaban J connectivity index is 1.70. The predicted octanol–water partition coefficient (Wildman–Crippen LogP) is 4.00. The largest absolute Gasteiger partial charge is 0.385 e. The van der Waals surface area contributed by atoms with Crippen LogP contribution in [0.1, 0.15) is 42.0 Å². The number of carbonyl (C=O) groups excluding carboxylic acids is 1. The molecule has 3 heterocycles. The second-order valence-corrected chi connectivity index (χ2v) is 11.4. The van der Waals surface area contributed by atoms with E-state index < -0.39 is 0 Å². The molecule has 2 aliphatic heterocycles. The molecule has 2 aliphatic rings. The Labute approximate surface area is 239 Å². The van der Waals surface area contributed by atoms with Crippen molar-refractivity contribution in [2.24, 2.45) is 0 Å². The highest BCUT2D eigenvalue weighted by Gasteiger charge is 2.33. The molecule has 2 fully saturated rings. The molecule has 2 saturated heterocycles. The van der Waals surface area contributed by atoms with Gasteiger partial charge in [0.2, 0.25) is 0 Å². The van der Waals surface area contributed by atoms with Crippen LogP contribution in [-0.4, -0.2) is 71.0 Å². The number of carbonyl (C=O) groups is 1. The molecular weight excluding hydrogens is 530 g/mol. The number of hydrogen-bond acceptors (Lipinski definition) is 8. The van der Waals surface area contributed by atoms with Gasteiger partial charge in [0.05, 0.1) is 4.91 Å². The van der Waals surface area contributed by atoms with Gasteiger partial charge in [-0.05, 0) is 37.0 Å². The van der Waals surface area contributed by atoms with Gasteiger partial charge in [-0.3, -0.25) is 24.0 Å². The third-order valence-corrected chi connectivity index (χ3v) is 8.47. The molecule has 0 bridgehead atoms. The molecule has 0 spiro atoms. The third-order valence-electron chi connectivity index (χ3n) is 7.09. The first-order valence-electron chi connectivity index (χ1n) is 13.3. The van der Waals surface area contributed by atoms with E-state index in [9.17, 15) is 14.9 Å². The number of thiocarbonyl (C=S) groups is 1. The number of hydrogen-bond donors (Lipinski definition) is 0. The fraction of sp³-hybridized carbons (Fsp3) is 0.448. The molecule has 1 amide bonds. The average Bonchev–Trinajstić information content (AvgIpc) is 3.20. The summed E-state index contributed by atoms with van der Waals surface area (Å²) in [6, 6.07) is 12.5. The number of thioether (sulfide) groups is 1. The van der Waals surface area contributed by atoms with Crippen molar-refractivity contribution < 1.29 is 9.53 Å². The zero-order valence-corrected chi connectivity index (χ0v) is 24.4. The van der Waals surface area contributed by atoms with Crippen molar-refractivity contribution in [2.45, 2.75) is 39.8 Å². The molecule has 39 heavy (non-hydrogen) atoms. The number of ether oxygens (including phenoxy) is 1. The maximum Gasteiger partial charge on any atom is 0.270 e. The quantitative estimate of drug-likeness (QED) is 0.243. The van der Waals surface area contributed by atoms with Crippen LogP contribution in [0.3, 0.4) is 0 Å². The van der Waals surface area contributed by atoms with Crippen molar-refractivity contribution >= 4 is 46.1 Å². The van der Waals surface area contributed by atoms with Gasteiger partial charge in [0.25, 0.3) is 11.5 Å². The number of pyridine rings is 1. The van der Waals surface area contributed by atoms with Crippen LogP contribution in [-0.2, 0) is 22.6 Å². The summed E-state index contributed by atoms with van der Waals surface area (Å²) in [5.41, 5.74) is 2.46. The molecule has 0 atom stereocenters. The molecule has 1 aromatic heterocycles. The lowest BCUT2D eigenvalue weighted by Gasteiger charge is -2.38. The van der Waals surface area contributed by atoms with Gasteiger partial charge in [-0.15, -0.1) is 0 Å². The number of benzene rings is 1. The summed E-state index contributed by atoms with van der Waals surface area (Å²) < 4.78 is 7.37. The predicted molar refractivity (Wildman–Crippen MR) is 161 cm³/mol. The Morgan fingerprint density at radius 3 is 2.49 bits per heavy atom. The Bertz CT molecular complexity index is 1340. The van der Waals surface area contributed by atoms with Crippen LogP contribution >= 0.6 is 24.0 Å². The normalized spacial score (nSPS) is 17.3. The lowest BCUT2D eigenvalue weighted by Crippen LogP contribution is -2.48. The van der Waals surface area contributed by atoms with Gasteiger partial charge in [0.15, 0.2) is 0 Å². The minimum atomic E-state index is -0.275. The zero-order chi connectivity index (χ0) is 27.9. The molecule has 4 rings (SSSR count). The Hall–Kier alpha value is -2.97. The molecule has 8 nitrogen and oxygen atoms in total. The smallest absolute Gasteiger partial charge is 0.270 e. The Morgan fingerprint density at radius 1 is 1.13 bits per heavy atom. The Kier molecular flexibility index (Phi) is 9.97. The first-order valence-corrected chi connectivity index (χ1v) is 14.5. The summed E-state index contributed by atoms with van der Waals surface area (Å²) in [5, 5.41) is 9.89. The van der Waals surface area contributed by atoms with Gasteiger partial charge in [-0.2, -0.15) is 5.26 Å². The molecule has 206 valence electrons. The van der Waals surface area contributed by atoms with E-state index in [0.29, 0.717) is 40.9 Å². The average molecular weight is 566 g/mol. The first-order chi connectivity index (χ1) is 18.9. The standard InChI is InChI=1S/C29H35N5O3S2/c1-4-11-33-26(32-15-13-31(14-16-32)20-22-9-6-5-7-10-22)23(21(2)24(19-30)27(33)35)18-25-28(36)34(29(38)39-25)12-8-17-37-3/h5-7,9-10,18H,4,8,11-17,20H2,1-3H3/b25-18-. The SMILES string of the molecule is CCCn1c(N2CCN(Cc3ccccc3)CC2)c(/C=C2\SC(=S)N(CCCOC)C2=O)c(C)c(C#N)c1=O. The van der Waals surface area contributed by atoms with Gasteiger partial charge >= 0.3 is 0 Å². The van der Waals surface area contributed by atoms with Crippen LogP contribution in [0.15, 0.2) is 40.0 Å². The molecule has 10 heteroatoms. The lowest BCUT2D eigenvalue weighted by atomic mass is 10.0. The number of nitrogens with zero attached hydrogens (tertiary/aromatic N) is 5. The summed E-state index contributed by atoms with van der Waals surface area (Å²) in [6.45, 7) is 9.38. The van der Waals surface area contributed by atoms with Crippen molar-refractivity contribution in [2.75, 3.05) is 51.3 Å². The molecule has 2 aromatic rings. The highest BCUT2D eigenvalue weighted by molar-refractivity contribution is 8.26. The van der Waals surface area contributed by atoms with Gasteiger partial charge in [0.1, 0.15) is 21.8 Å². The van der Waals surface area contributed by atoms with E-state index in [1.165, 1.54) is 17.3 Å². The van der Waals surface area contributed by atoms with Crippen molar-refractivity contribution in [3.63, 3.8) is 0 Å². The molecular formula is C29H35N5O3S2. The van der Waals surface area contributed by atoms with E-state index in [-0.39, 0.29) is 17.0 Å². The fourth-order valence-corrected chi connectivity index (χ4v) is 6.36. The maximum absolute atomic E-state index is 13.5. The topological polar surface area (TPSA) is 81.8 Å². The number of amides is 1. The van der Waals surface area contributed by atoms with E-state index >= 15 is 0 Å². The van der Waals surface area contributed by atoms with Crippen LogP contribution in [0.25, 0.3) is 6.08 Å². The molecule has 0 radical (unpaired) electrons. The second-order valence-electron chi connectivity index (χ2n) is 9.73. The molecule has 1 aromatic carbocycles. The van der Waals surface area contributed by atoms with Crippen LogP contribution in [0.2, 0.25) is 0 Å². The maximum atomic E-state index is 13.5. The van der Waals surface area contributed by atoms with Crippen molar-refractivity contribution in [1.29, 1.82) is 5.26 Å². The van der Waals surface area contributed by atoms with Crippen LogP contribution in [0.5, 0.6) is 0 Å². The van der Waals surface area contributed by atoms with E-state index in [4.69, 9.17) is 17.0 Å². The summed E-state index contributed by atoms with van der Waals surface area (Å²) in [6.07, 6.45) is 3.27. The summed E-state index contributed by atoms with van der Waals surface area (Å²) in [7, 11) is 1.63. The highest BCUT2D eigenvalue weighted by Crippen LogP contribution is 2.36. The molecule has 0 aliphatic carbocycles. The van der Waals surface area contributed by atoms with Gasteiger partial charge < -0.3 is 9.64 Å².